The molecule has 28 heavy (non-hydrogen) atoms. The number of nitrogens with one attached hydrogen (secondary N) is 1. The van der Waals surface area contributed by atoms with Gasteiger partial charge >= 0.3 is 5.97 Å². The van der Waals surface area contributed by atoms with Gasteiger partial charge in [0.15, 0.2) is 0 Å². The topological polar surface area (TPSA) is 81.3 Å². The number of hydrogen-bond donors (Lipinski definition) is 1. The summed E-state index contributed by atoms with van der Waals surface area (Å²) >= 11 is 1.57. The average molecular weight is 396 g/mol. The predicted molar refractivity (Wildman–Crippen MR) is 109 cm³/mol. The molecule has 2 heterocycles. The van der Waals surface area contributed by atoms with E-state index in [0.29, 0.717) is 17.8 Å². The third kappa shape index (κ3) is 3.84. The van der Waals surface area contributed by atoms with Crippen molar-refractivity contribution in [2.24, 2.45) is 0 Å². The molecule has 0 spiro atoms. The Labute approximate surface area is 165 Å². The Morgan fingerprint density at radius 1 is 1.29 bits per heavy atom. The highest BCUT2D eigenvalue weighted by Crippen LogP contribution is 2.34. The molecule has 0 atom stereocenters. The van der Waals surface area contributed by atoms with E-state index in [1.54, 1.807) is 17.4 Å². The Morgan fingerprint density at radius 3 is 2.89 bits per heavy atom. The van der Waals surface area contributed by atoms with E-state index in [1.807, 2.05) is 31.2 Å². The van der Waals surface area contributed by atoms with Gasteiger partial charge in [-0.1, -0.05) is 12.1 Å². The molecule has 0 fully saturated rings. The Kier molecular flexibility index (Phi) is 5.25. The summed E-state index contributed by atoms with van der Waals surface area (Å²) in [5, 5.41) is 0.697. The van der Waals surface area contributed by atoms with Gasteiger partial charge < -0.3 is 14.5 Å². The first kappa shape index (κ1) is 18.4. The second-order valence-electron chi connectivity index (χ2n) is 6.49. The van der Waals surface area contributed by atoms with Gasteiger partial charge in [0.1, 0.15) is 23.0 Å². The maximum Gasteiger partial charge on any atom is 0.331 e. The van der Waals surface area contributed by atoms with Gasteiger partial charge in [-0.2, -0.15) is 0 Å². The van der Waals surface area contributed by atoms with Crippen LogP contribution >= 0.6 is 11.3 Å². The quantitative estimate of drug-likeness (QED) is 0.508. The number of ether oxygens (including phenoxy) is 2. The molecule has 6 nitrogen and oxygen atoms in total. The number of nitrogens with zero attached hydrogens (tertiary/aromatic N) is 1. The third-order valence-electron chi connectivity index (χ3n) is 4.58. The van der Waals surface area contributed by atoms with Crippen molar-refractivity contribution in [2.45, 2.75) is 32.8 Å². The molecular weight excluding hydrogens is 376 g/mol. The van der Waals surface area contributed by atoms with Crippen molar-refractivity contribution in [1.82, 2.24) is 9.97 Å². The van der Waals surface area contributed by atoms with Crippen LogP contribution in [-0.4, -0.2) is 22.5 Å². The first-order valence-electron chi connectivity index (χ1n) is 9.25. The fourth-order valence-corrected chi connectivity index (χ4v) is 4.59. The molecule has 0 saturated heterocycles. The highest BCUT2D eigenvalue weighted by molar-refractivity contribution is 7.18. The zero-order chi connectivity index (χ0) is 19.5. The van der Waals surface area contributed by atoms with Crippen molar-refractivity contribution in [3.8, 4) is 5.75 Å². The highest BCUT2D eigenvalue weighted by Gasteiger charge is 2.21. The molecule has 0 unspecified atom stereocenters. The fourth-order valence-electron chi connectivity index (χ4n) is 3.31. The second kappa shape index (κ2) is 7.98. The summed E-state index contributed by atoms with van der Waals surface area (Å²) in [5.41, 5.74) is 1.84. The number of fused-ring (bicyclic) bond motifs is 3. The Morgan fingerprint density at radius 2 is 2.11 bits per heavy atom. The van der Waals surface area contributed by atoms with Gasteiger partial charge in [-0.05, 0) is 55.5 Å². The van der Waals surface area contributed by atoms with E-state index in [4.69, 9.17) is 9.47 Å². The van der Waals surface area contributed by atoms with Crippen LogP contribution in [0, 0.1) is 0 Å². The zero-order valence-corrected chi connectivity index (χ0v) is 16.3. The molecule has 0 saturated carbocycles. The second-order valence-corrected chi connectivity index (χ2v) is 7.58. The minimum atomic E-state index is -0.495. The summed E-state index contributed by atoms with van der Waals surface area (Å²) in [5.74, 6) is 0.651. The normalized spacial score (nSPS) is 13.2. The van der Waals surface area contributed by atoms with Crippen LogP contribution in [0.1, 0.15) is 35.2 Å². The van der Waals surface area contributed by atoms with Crippen LogP contribution in [0.3, 0.4) is 0 Å². The molecule has 0 radical (unpaired) electrons. The molecule has 0 aliphatic heterocycles. The number of aromatic nitrogens is 2. The van der Waals surface area contributed by atoms with E-state index in [-0.39, 0.29) is 12.2 Å². The number of H-pyrrole nitrogens is 1. The van der Waals surface area contributed by atoms with Crippen LogP contribution in [0.2, 0.25) is 0 Å². The fraction of sp³-hybridized carbons (Fsp3) is 0.286. The van der Waals surface area contributed by atoms with Gasteiger partial charge in [0.2, 0.25) is 0 Å². The number of aromatic amines is 1. The minimum absolute atomic E-state index is 0.0692. The van der Waals surface area contributed by atoms with E-state index in [9.17, 15) is 9.59 Å². The first-order valence-corrected chi connectivity index (χ1v) is 10.1. The lowest BCUT2D eigenvalue weighted by atomic mass is 10.2. The summed E-state index contributed by atoms with van der Waals surface area (Å²) in [7, 11) is 0. The van der Waals surface area contributed by atoms with Crippen molar-refractivity contribution < 1.29 is 14.3 Å². The SMILES string of the molecule is CCOc1ccc(/C=C/C(=O)OCc2nc3sc4c(c3c(=O)[nH]2)CCC4)cc1. The van der Waals surface area contributed by atoms with Crippen LogP contribution in [0.5, 0.6) is 5.75 Å². The lowest BCUT2D eigenvalue weighted by molar-refractivity contribution is -0.139. The van der Waals surface area contributed by atoms with E-state index >= 15 is 0 Å². The lowest BCUT2D eigenvalue weighted by Crippen LogP contribution is -2.13. The number of rotatable bonds is 6. The van der Waals surface area contributed by atoms with Crippen LogP contribution in [0.25, 0.3) is 16.3 Å². The van der Waals surface area contributed by atoms with Crippen LogP contribution in [0.4, 0.5) is 0 Å². The van der Waals surface area contributed by atoms with Crippen molar-refractivity contribution >= 4 is 33.6 Å². The predicted octanol–water partition coefficient (Wildman–Crippen LogP) is 3.63. The molecule has 3 aromatic rings. The summed E-state index contributed by atoms with van der Waals surface area (Å²) in [6.45, 7) is 2.46. The minimum Gasteiger partial charge on any atom is -0.494 e. The molecule has 2 aromatic heterocycles. The van der Waals surface area contributed by atoms with E-state index in [0.717, 1.165) is 41.0 Å². The molecule has 1 aliphatic rings. The molecule has 4 rings (SSSR count). The maximum absolute atomic E-state index is 12.4. The van der Waals surface area contributed by atoms with Crippen molar-refractivity contribution in [1.29, 1.82) is 0 Å². The number of hydrogen-bond acceptors (Lipinski definition) is 6. The largest absolute Gasteiger partial charge is 0.494 e. The molecular formula is C21H20N2O4S. The van der Waals surface area contributed by atoms with Crippen molar-refractivity contribution in [3.05, 3.63) is 62.5 Å². The van der Waals surface area contributed by atoms with Crippen LogP contribution < -0.4 is 10.3 Å². The Hall–Kier alpha value is -2.93. The van der Waals surface area contributed by atoms with E-state index in [1.165, 1.54) is 11.0 Å². The zero-order valence-electron chi connectivity index (χ0n) is 15.5. The molecule has 144 valence electrons. The van der Waals surface area contributed by atoms with Gasteiger partial charge in [-0.3, -0.25) is 4.79 Å². The summed E-state index contributed by atoms with van der Waals surface area (Å²) in [6.07, 6.45) is 6.06. The Balaban J connectivity index is 1.40. The summed E-state index contributed by atoms with van der Waals surface area (Å²) in [6, 6.07) is 7.41. The highest BCUT2D eigenvalue weighted by atomic mass is 32.1. The molecule has 7 heteroatoms. The Bertz CT molecular complexity index is 1100. The van der Waals surface area contributed by atoms with Crippen molar-refractivity contribution in [3.63, 3.8) is 0 Å². The van der Waals surface area contributed by atoms with E-state index in [2.05, 4.69) is 9.97 Å². The first-order chi connectivity index (χ1) is 13.6. The summed E-state index contributed by atoms with van der Waals surface area (Å²) < 4.78 is 10.6. The van der Waals surface area contributed by atoms with Gasteiger partial charge in [-0.15, -0.1) is 11.3 Å². The molecule has 0 bridgehead atoms. The smallest absolute Gasteiger partial charge is 0.331 e. The van der Waals surface area contributed by atoms with Crippen LogP contribution in [-0.2, 0) is 29.0 Å². The molecule has 0 amide bonds. The number of carbonyl (C=O) groups excluding carboxylic acids is 1. The number of carbonyl (C=O) groups is 1. The maximum atomic E-state index is 12.4. The van der Waals surface area contributed by atoms with Crippen LogP contribution in [0.15, 0.2) is 35.1 Å². The molecule has 1 aromatic carbocycles. The van der Waals surface area contributed by atoms with Crippen molar-refractivity contribution in [2.75, 3.05) is 6.61 Å². The summed E-state index contributed by atoms with van der Waals surface area (Å²) in [4.78, 5) is 33.5. The molecule has 1 aliphatic carbocycles. The number of benzene rings is 1. The van der Waals surface area contributed by atoms with Gasteiger partial charge in [0.05, 0.1) is 12.0 Å². The van der Waals surface area contributed by atoms with Gasteiger partial charge in [0, 0.05) is 11.0 Å². The standard InChI is InChI=1S/C21H20N2O4S/c1-2-26-14-9-6-13(7-10-14)8-11-18(24)27-12-17-22-20(25)19-15-4-3-5-16(15)28-21(19)23-17/h6-11H,2-5,12H2,1H3,(H,22,23,25)/b11-8+. The monoisotopic (exact) mass is 396 g/mol. The number of thiophene rings is 1. The number of esters is 1. The third-order valence-corrected chi connectivity index (χ3v) is 5.76. The van der Waals surface area contributed by atoms with Gasteiger partial charge in [-0.25, -0.2) is 9.78 Å². The van der Waals surface area contributed by atoms with E-state index < -0.39 is 5.97 Å². The number of aryl methyl sites for hydroxylation is 2. The van der Waals surface area contributed by atoms with Gasteiger partial charge in [0.25, 0.3) is 5.56 Å². The lowest BCUT2D eigenvalue weighted by Gasteiger charge is -2.03. The molecule has 1 N–H and O–H groups in total. The average Bonchev–Trinajstić information content (AvgIpc) is 3.27.